The predicted octanol–water partition coefficient (Wildman–Crippen LogP) is 2.24. The number of aryl methyl sites for hydroxylation is 2. The van der Waals surface area contributed by atoms with E-state index in [1.54, 1.807) is 18.2 Å². The molecule has 1 aromatic heterocycles. The Morgan fingerprint density at radius 3 is 2.74 bits per heavy atom. The first-order chi connectivity index (χ1) is 8.97. The van der Waals surface area contributed by atoms with Gasteiger partial charge in [-0.3, -0.25) is 9.78 Å². The summed E-state index contributed by atoms with van der Waals surface area (Å²) in [5.41, 5.74) is -0.258. The second-order valence-electron chi connectivity index (χ2n) is 3.76. The third kappa shape index (κ3) is 3.46. The van der Waals surface area contributed by atoms with Crippen molar-refractivity contribution in [3.63, 3.8) is 0 Å². The number of H-pyrrole nitrogens is 1. The maximum atomic E-state index is 11.5. The zero-order chi connectivity index (χ0) is 14.0. The molecule has 8 heteroatoms. The summed E-state index contributed by atoms with van der Waals surface area (Å²) in [4.78, 5) is 24.8. The van der Waals surface area contributed by atoms with Crippen molar-refractivity contribution in [3.05, 3.63) is 59.2 Å². The number of aromatic amines is 1. The molecule has 0 saturated carbocycles. The SMILES string of the molecule is O=c1[nH]c(=O)n(CCc2ccc(Cl)cc2Cl)nc1Br. The lowest BCUT2D eigenvalue weighted by molar-refractivity contribution is 0.548. The van der Waals surface area contributed by atoms with Gasteiger partial charge in [-0.05, 0) is 40.0 Å². The second-order valence-corrected chi connectivity index (χ2v) is 5.35. The van der Waals surface area contributed by atoms with Gasteiger partial charge in [0.25, 0.3) is 5.56 Å². The van der Waals surface area contributed by atoms with Crippen molar-refractivity contribution in [2.24, 2.45) is 0 Å². The standard InChI is InChI=1S/C11H8BrCl2N3O2/c12-9-10(18)15-11(19)17(16-9)4-3-6-1-2-7(13)5-8(6)14/h1-2,5H,3-4H2,(H,15,18,19). The van der Waals surface area contributed by atoms with E-state index in [4.69, 9.17) is 23.2 Å². The molecular formula is C11H8BrCl2N3O2. The lowest BCUT2D eigenvalue weighted by Gasteiger charge is -2.06. The number of aromatic nitrogens is 3. The molecule has 0 amide bonds. The smallest absolute Gasteiger partial charge is 0.270 e. The summed E-state index contributed by atoms with van der Waals surface area (Å²) in [5, 5.41) is 4.93. The lowest BCUT2D eigenvalue weighted by atomic mass is 10.1. The van der Waals surface area contributed by atoms with Crippen molar-refractivity contribution >= 4 is 39.1 Å². The van der Waals surface area contributed by atoms with E-state index in [1.807, 2.05) is 0 Å². The number of hydrogen-bond donors (Lipinski definition) is 1. The second kappa shape index (κ2) is 5.90. The Hall–Kier alpha value is -1.11. The normalized spacial score (nSPS) is 10.7. The van der Waals surface area contributed by atoms with E-state index in [0.29, 0.717) is 23.0 Å². The molecule has 0 saturated heterocycles. The molecule has 1 aromatic carbocycles. The third-order valence-electron chi connectivity index (χ3n) is 2.46. The van der Waals surface area contributed by atoms with E-state index in [0.717, 1.165) is 10.2 Å². The van der Waals surface area contributed by atoms with Crippen LogP contribution in [0.2, 0.25) is 10.0 Å². The minimum atomic E-state index is -0.557. The molecule has 2 rings (SSSR count). The zero-order valence-electron chi connectivity index (χ0n) is 9.49. The number of hydrogen-bond acceptors (Lipinski definition) is 3. The molecule has 19 heavy (non-hydrogen) atoms. The Morgan fingerprint density at radius 2 is 2.05 bits per heavy atom. The lowest BCUT2D eigenvalue weighted by Crippen LogP contribution is -2.33. The van der Waals surface area contributed by atoms with Gasteiger partial charge in [0, 0.05) is 10.0 Å². The van der Waals surface area contributed by atoms with Crippen molar-refractivity contribution in [3.8, 4) is 0 Å². The first kappa shape index (κ1) is 14.3. The number of halogens is 3. The Labute approximate surface area is 126 Å². The van der Waals surface area contributed by atoms with Crippen molar-refractivity contribution in [1.82, 2.24) is 14.8 Å². The minimum absolute atomic E-state index is 0.0642. The highest BCUT2D eigenvalue weighted by molar-refractivity contribution is 9.10. The summed E-state index contributed by atoms with van der Waals surface area (Å²) in [6.07, 6.45) is 0.501. The van der Waals surface area contributed by atoms with Crippen molar-refractivity contribution in [2.45, 2.75) is 13.0 Å². The monoisotopic (exact) mass is 363 g/mol. The van der Waals surface area contributed by atoms with Gasteiger partial charge in [-0.2, -0.15) is 5.10 Å². The molecule has 1 N–H and O–H groups in total. The summed E-state index contributed by atoms with van der Waals surface area (Å²) in [5.74, 6) is 0. The Morgan fingerprint density at radius 1 is 1.32 bits per heavy atom. The van der Waals surface area contributed by atoms with Gasteiger partial charge in [0.05, 0.1) is 6.54 Å². The topological polar surface area (TPSA) is 67.8 Å². The maximum absolute atomic E-state index is 11.5. The van der Waals surface area contributed by atoms with Crippen LogP contribution >= 0.6 is 39.1 Å². The van der Waals surface area contributed by atoms with E-state index in [2.05, 4.69) is 26.0 Å². The molecule has 0 radical (unpaired) electrons. The molecule has 0 aliphatic rings. The number of nitrogens with zero attached hydrogens (tertiary/aromatic N) is 2. The van der Waals surface area contributed by atoms with Gasteiger partial charge in [-0.15, -0.1) is 0 Å². The number of benzene rings is 1. The van der Waals surface area contributed by atoms with Crippen LogP contribution in [0, 0.1) is 0 Å². The van der Waals surface area contributed by atoms with Crippen LogP contribution < -0.4 is 11.2 Å². The molecule has 1 heterocycles. The van der Waals surface area contributed by atoms with Crippen LogP contribution in [0.15, 0.2) is 32.4 Å². The van der Waals surface area contributed by atoms with Crippen molar-refractivity contribution in [1.29, 1.82) is 0 Å². The van der Waals surface area contributed by atoms with Gasteiger partial charge in [-0.1, -0.05) is 29.3 Å². The molecule has 0 aliphatic heterocycles. The molecule has 0 bridgehead atoms. The average molecular weight is 365 g/mol. The summed E-state index contributed by atoms with van der Waals surface area (Å²) in [6.45, 7) is 0.301. The van der Waals surface area contributed by atoms with E-state index in [-0.39, 0.29) is 4.60 Å². The highest BCUT2D eigenvalue weighted by Gasteiger charge is 2.06. The largest absolute Gasteiger partial charge is 0.344 e. The summed E-state index contributed by atoms with van der Waals surface area (Å²) >= 11 is 14.8. The van der Waals surface area contributed by atoms with Crippen LogP contribution in [0.25, 0.3) is 0 Å². The summed E-state index contributed by atoms with van der Waals surface area (Å²) < 4.78 is 1.23. The Bertz CT molecular complexity index is 727. The van der Waals surface area contributed by atoms with Gasteiger partial charge < -0.3 is 0 Å². The minimum Gasteiger partial charge on any atom is -0.270 e. The summed E-state index contributed by atoms with van der Waals surface area (Å²) in [6, 6.07) is 5.15. The molecular weight excluding hydrogens is 357 g/mol. The maximum Gasteiger partial charge on any atom is 0.344 e. The zero-order valence-corrected chi connectivity index (χ0v) is 12.6. The van der Waals surface area contributed by atoms with Crippen LogP contribution in [0.3, 0.4) is 0 Å². The van der Waals surface area contributed by atoms with E-state index < -0.39 is 11.2 Å². The molecule has 100 valence electrons. The number of rotatable bonds is 3. The van der Waals surface area contributed by atoms with Gasteiger partial charge in [0.1, 0.15) is 0 Å². The quantitative estimate of drug-likeness (QED) is 0.908. The van der Waals surface area contributed by atoms with Gasteiger partial charge in [0.2, 0.25) is 0 Å². The van der Waals surface area contributed by atoms with Crippen molar-refractivity contribution < 1.29 is 0 Å². The van der Waals surface area contributed by atoms with Gasteiger partial charge in [-0.25, -0.2) is 9.48 Å². The van der Waals surface area contributed by atoms with E-state index in [1.165, 1.54) is 0 Å². The Balaban J connectivity index is 2.21. The molecule has 0 unspecified atom stereocenters. The first-order valence-electron chi connectivity index (χ1n) is 5.28. The summed E-state index contributed by atoms with van der Waals surface area (Å²) in [7, 11) is 0. The molecule has 0 spiro atoms. The van der Waals surface area contributed by atoms with E-state index >= 15 is 0 Å². The van der Waals surface area contributed by atoms with Crippen LogP contribution in [0.1, 0.15) is 5.56 Å². The van der Waals surface area contributed by atoms with Crippen LogP contribution in [-0.2, 0) is 13.0 Å². The van der Waals surface area contributed by atoms with Crippen molar-refractivity contribution in [2.75, 3.05) is 0 Å². The van der Waals surface area contributed by atoms with Crippen LogP contribution in [0.4, 0.5) is 0 Å². The molecule has 2 aromatic rings. The fraction of sp³-hybridized carbons (Fsp3) is 0.182. The first-order valence-corrected chi connectivity index (χ1v) is 6.83. The fourth-order valence-electron chi connectivity index (χ4n) is 1.51. The third-order valence-corrected chi connectivity index (χ3v) is 3.56. The molecule has 0 fully saturated rings. The van der Waals surface area contributed by atoms with E-state index in [9.17, 15) is 9.59 Å². The molecule has 0 aliphatic carbocycles. The van der Waals surface area contributed by atoms with Crippen LogP contribution in [0.5, 0.6) is 0 Å². The fourth-order valence-corrected chi connectivity index (χ4v) is 2.31. The highest BCUT2D eigenvalue weighted by Crippen LogP contribution is 2.21. The average Bonchev–Trinajstić information content (AvgIpc) is 2.34. The van der Waals surface area contributed by atoms with Gasteiger partial charge in [0.15, 0.2) is 4.60 Å². The number of nitrogens with one attached hydrogen (secondary N) is 1. The Kier molecular flexibility index (Phi) is 4.44. The molecule has 0 atom stereocenters. The van der Waals surface area contributed by atoms with Crippen LogP contribution in [-0.4, -0.2) is 14.8 Å². The molecule has 5 nitrogen and oxygen atoms in total. The highest BCUT2D eigenvalue weighted by atomic mass is 79.9. The van der Waals surface area contributed by atoms with Gasteiger partial charge >= 0.3 is 5.69 Å². The predicted molar refractivity (Wildman–Crippen MR) is 77.0 cm³/mol.